The summed E-state index contributed by atoms with van der Waals surface area (Å²) in [6.07, 6.45) is 3.13. The van der Waals surface area contributed by atoms with Gasteiger partial charge in [0.1, 0.15) is 5.82 Å². The molecular formula is C16H21ClN4O. The second-order valence-corrected chi connectivity index (χ2v) is 5.62. The molecule has 0 radical (unpaired) electrons. The standard InChI is InChI=1S/C16H21ClN4O/c1-3-4-7-12(10-18-11(2)22)19-15-13-8-5-6-9-14(13)20-16(17)21-15/h5-6,8-9,12H,3-4,7,10H2,1-2H3,(H,18,22)(H,19,20,21)/t12-/m1/s1. The lowest BCUT2D eigenvalue weighted by atomic mass is 10.1. The first-order valence-electron chi connectivity index (χ1n) is 7.53. The van der Waals surface area contributed by atoms with Crippen molar-refractivity contribution in [2.75, 3.05) is 11.9 Å². The van der Waals surface area contributed by atoms with Crippen LogP contribution in [0.2, 0.25) is 5.28 Å². The molecular weight excluding hydrogens is 300 g/mol. The van der Waals surface area contributed by atoms with Gasteiger partial charge in [-0.25, -0.2) is 9.97 Å². The molecule has 0 fully saturated rings. The molecule has 0 saturated heterocycles. The summed E-state index contributed by atoms with van der Waals surface area (Å²) in [5, 5.41) is 7.41. The van der Waals surface area contributed by atoms with Crippen molar-refractivity contribution in [2.45, 2.75) is 39.2 Å². The van der Waals surface area contributed by atoms with Gasteiger partial charge in [0.15, 0.2) is 0 Å². The Morgan fingerprint density at radius 1 is 1.32 bits per heavy atom. The van der Waals surface area contributed by atoms with E-state index in [1.807, 2.05) is 24.3 Å². The van der Waals surface area contributed by atoms with Crippen molar-refractivity contribution in [3.05, 3.63) is 29.5 Å². The first-order valence-corrected chi connectivity index (χ1v) is 7.91. The molecule has 0 aliphatic rings. The number of hydrogen-bond acceptors (Lipinski definition) is 4. The van der Waals surface area contributed by atoms with E-state index < -0.39 is 0 Å². The second-order valence-electron chi connectivity index (χ2n) is 5.28. The Labute approximate surface area is 135 Å². The fourth-order valence-electron chi connectivity index (χ4n) is 2.29. The molecule has 5 nitrogen and oxygen atoms in total. The number of amides is 1. The van der Waals surface area contributed by atoms with Crippen molar-refractivity contribution >= 4 is 34.2 Å². The van der Waals surface area contributed by atoms with E-state index in [-0.39, 0.29) is 17.2 Å². The van der Waals surface area contributed by atoms with Gasteiger partial charge in [-0.3, -0.25) is 4.79 Å². The molecule has 1 aromatic carbocycles. The largest absolute Gasteiger partial charge is 0.365 e. The van der Waals surface area contributed by atoms with Gasteiger partial charge < -0.3 is 10.6 Å². The zero-order valence-corrected chi connectivity index (χ0v) is 13.7. The molecule has 1 amide bonds. The summed E-state index contributed by atoms with van der Waals surface area (Å²) in [6, 6.07) is 7.84. The fourth-order valence-corrected chi connectivity index (χ4v) is 2.47. The van der Waals surface area contributed by atoms with Gasteiger partial charge in [0.05, 0.1) is 5.52 Å². The number of carbonyl (C=O) groups is 1. The molecule has 22 heavy (non-hydrogen) atoms. The van der Waals surface area contributed by atoms with Crippen molar-refractivity contribution in [2.24, 2.45) is 0 Å². The molecule has 1 aromatic heterocycles. The molecule has 118 valence electrons. The Kier molecular flexibility index (Phi) is 5.95. The Hall–Kier alpha value is -1.88. The SMILES string of the molecule is CCCC[C@H](CNC(C)=O)Nc1nc(Cl)nc2ccccc12. The molecule has 0 bridgehead atoms. The van der Waals surface area contributed by atoms with Gasteiger partial charge in [-0.1, -0.05) is 31.9 Å². The van der Waals surface area contributed by atoms with Crippen LogP contribution in [-0.4, -0.2) is 28.5 Å². The third kappa shape index (κ3) is 4.56. The van der Waals surface area contributed by atoms with Crippen LogP contribution in [0.3, 0.4) is 0 Å². The molecule has 0 unspecified atom stereocenters. The molecule has 0 aliphatic carbocycles. The quantitative estimate of drug-likeness (QED) is 0.767. The number of nitrogens with zero attached hydrogens (tertiary/aromatic N) is 2. The van der Waals surface area contributed by atoms with Gasteiger partial charge >= 0.3 is 0 Å². The summed E-state index contributed by atoms with van der Waals surface area (Å²) >= 11 is 6.01. The highest BCUT2D eigenvalue weighted by Crippen LogP contribution is 2.23. The highest BCUT2D eigenvalue weighted by molar-refractivity contribution is 6.28. The zero-order valence-electron chi connectivity index (χ0n) is 12.9. The molecule has 0 spiro atoms. The molecule has 0 aliphatic heterocycles. The van der Waals surface area contributed by atoms with Crippen LogP contribution in [0.5, 0.6) is 0 Å². The maximum atomic E-state index is 11.2. The van der Waals surface area contributed by atoms with E-state index in [1.54, 1.807) is 0 Å². The number of unbranched alkanes of at least 4 members (excludes halogenated alkanes) is 1. The zero-order chi connectivity index (χ0) is 15.9. The van der Waals surface area contributed by atoms with Crippen molar-refractivity contribution in [3.63, 3.8) is 0 Å². The van der Waals surface area contributed by atoms with E-state index in [2.05, 4.69) is 27.5 Å². The number of fused-ring (bicyclic) bond motifs is 1. The Morgan fingerprint density at radius 3 is 2.82 bits per heavy atom. The second kappa shape index (κ2) is 7.94. The van der Waals surface area contributed by atoms with E-state index in [9.17, 15) is 4.79 Å². The number of para-hydroxylation sites is 1. The van der Waals surface area contributed by atoms with Crippen molar-refractivity contribution < 1.29 is 4.79 Å². The predicted octanol–water partition coefficient (Wildman–Crippen LogP) is 3.39. The summed E-state index contributed by atoms with van der Waals surface area (Å²) < 4.78 is 0. The lowest BCUT2D eigenvalue weighted by molar-refractivity contribution is -0.119. The predicted molar refractivity (Wildman–Crippen MR) is 90.2 cm³/mol. The van der Waals surface area contributed by atoms with Crippen LogP contribution in [-0.2, 0) is 4.79 Å². The van der Waals surface area contributed by atoms with Gasteiger partial charge in [-0.2, -0.15) is 0 Å². The molecule has 6 heteroatoms. The number of hydrogen-bond donors (Lipinski definition) is 2. The lowest BCUT2D eigenvalue weighted by Gasteiger charge is -2.20. The van der Waals surface area contributed by atoms with Crippen LogP contribution < -0.4 is 10.6 Å². The Bertz CT molecular complexity index is 647. The third-order valence-electron chi connectivity index (χ3n) is 3.42. The molecule has 2 N–H and O–H groups in total. The number of benzene rings is 1. The van der Waals surface area contributed by atoms with Crippen LogP contribution in [0.25, 0.3) is 10.9 Å². The van der Waals surface area contributed by atoms with E-state index in [0.717, 1.165) is 30.2 Å². The van der Waals surface area contributed by atoms with Crippen LogP contribution in [0.15, 0.2) is 24.3 Å². The summed E-state index contributed by atoms with van der Waals surface area (Å²) in [5.41, 5.74) is 0.804. The minimum Gasteiger partial charge on any atom is -0.365 e. The van der Waals surface area contributed by atoms with Crippen molar-refractivity contribution in [1.82, 2.24) is 15.3 Å². The number of aromatic nitrogens is 2. The van der Waals surface area contributed by atoms with Crippen molar-refractivity contribution in [1.29, 1.82) is 0 Å². The maximum absolute atomic E-state index is 11.2. The third-order valence-corrected chi connectivity index (χ3v) is 3.59. The van der Waals surface area contributed by atoms with Gasteiger partial charge in [0.25, 0.3) is 0 Å². The first kappa shape index (κ1) is 16.5. The molecule has 0 saturated carbocycles. The number of carbonyl (C=O) groups excluding carboxylic acids is 1. The van der Waals surface area contributed by atoms with Gasteiger partial charge in [-0.15, -0.1) is 0 Å². The highest BCUT2D eigenvalue weighted by Gasteiger charge is 2.13. The number of halogens is 1. The minimum atomic E-state index is -0.0334. The summed E-state index contributed by atoms with van der Waals surface area (Å²) in [7, 11) is 0. The number of rotatable bonds is 7. The maximum Gasteiger partial charge on any atom is 0.224 e. The molecule has 1 heterocycles. The average Bonchev–Trinajstić information content (AvgIpc) is 2.49. The van der Waals surface area contributed by atoms with E-state index in [4.69, 9.17) is 11.6 Å². The molecule has 1 atom stereocenters. The topological polar surface area (TPSA) is 66.9 Å². The number of nitrogens with one attached hydrogen (secondary N) is 2. The summed E-state index contributed by atoms with van der Waals surface area (Å²) in [6.45, 7) is 4.23. The van der Waals surface area contributed by atoms with Gasteiger partial charge in [0.2, 0.25) is 11.2 Å². The summed E-state index contributed by atoms with van der Waals surface area (Å²) in [5.74, 6) is 0.677. The van der Waals surface area contributed by atoms with Crippen molar-refractivity contribution in [3.8, 4) is 0 Å². The lowest BCUT2D eigenvalue weighted by Crippen LogP contribution is -2.35. The smallest absolute Gasteiger partial charge is 0.224 e. The van der Waals surface area contributed by atoms with Gasteiger partial charge in [0, 0.05) is 24.9 Å². The Balaban J connectivity index is 2.22. The average molecular weight is 321 g/mol. The van der Waals surface area contributed by atoms with Crippen LogP contribution >= 0.6 is 11.6 Å². The molecule has 2 aromatic rings. The monoisotopic (exact) mass is 320 g/mol. The van der Waals surface area contributed by atoms with Crippen LogP contribution in [0.4, 0.5) is 5.82 Å². The number of anilines is 1. The van der Waals surface area contributed by atoms with E-state index in [1.165, 1.54) is 6.92 Å². The van der Waals surface area contributed by atoms with Crippen LogP contribution in [0, 0.1) is 0 Å². The van der Waals surface area contributed by atoms with E-state index in [0.29, 0.717) is 12.4 Å². The molecule has 2 rings (SSSR count). The van der Waals surface area contributed by atoms with Crippen LogP contribution in [0.1, 0.15) is 33.1 Å². The minimum absolute atomic E-state index is 0.0334. The highest BCUT2D eigenvalue weighted by atomic mass is 35.5. The first-order chi connectivity index (χ1) is 10.6. The Morgan fingerprint density at radius 2 is 2.09 bits per heavy atom. The van der Waals surface area contributed by atoms with Gasteiger partial charge in [-0.05, 0) is 30.2 Å². The summed E-state index contributed by atoms with van der Waals surface area (Å²) in [4.78, 5) is 19.7. The normalized spacial score (nSPS) is 12.1. The van der Waals surface area contributed by atoms with E-state index >= 15 is 0 Å². The fraction of sp³-hybridized carbons (Fsp3) is 0.438.